The van der Waals surface area contributed by atoms with Crippen LogP contribution in [0.3, 0.4) is 0 Å². The van der Waals surface area contributed by atoms with E-state index in [0.717, 1.165) is 12.0 Å². The average Bonchev–Trinajstić information content (AvgIpc) is 3.23. The molecule has 0 aliphatic heterocycles. The molecule has 7 nitrogen and oxygen atoms in total. The third-order valence-corrected chi connectivity index (χ3v) is 4.36. The highest BCUT2D eigenvalue weighted by Gasteiger charge is 2.13. The minimum atomic E-state index is -0.292. The maximum absolute atomic E-state index is 12.1. The summed E-state index contributed by atoms with van der Waals surface area (Å²) < 4.78 is 5.22. The molecule has 29 heavy (non-hydrogen) atoms. The fourth-order valence-corrected chi connectivity index (χ4v) is 2.79. The lowest BCUT2D eigenvalue weighted by atomic mass is 10.1. The summed E-state index contributed by atoms with van der Waals surface area (Å²) in [5.41, 5.74) is 1.69. The standard InChI is InChI=1S/C22H23N3O4/c26-19-11-5-4-10-17(19)14-21(27)23-12-6-7-13-24-22(28)18-15-20(29-25-18)16-8-2-1-3-9-16/h1-5,8-11,15,26H,6-7,12-14H2,(H,23,27)(H,24,28). The van der Waals surface area contributed by atoms with Crippen molar-refractivity contribution < 1.29 is 19.2 Å². The van der Waals surface area contributed by atoms with Crippen molar-refractivity contribution >= 4 is 11.8 Å². The number of nitrogens with zero attached hydrogens (tertiary/aromatic N) is 1. The molecule has 0 aliphatic carbocycles. The number of carbonyl (C=O) groups is 2. The number of hydrogen-bond acceptors (Lipinski definition) is 5. The van der Waals surface area contributed by atoms with Gasteiger partial charge in [-0.15, -0.1) is 0 Å². The summed E-state index contributed by atoms with van der Waals surface area (Å²) in [6.45, 7) is 0.978. The number of para-hydroxylation sites is 1. The molecule has 3 aromatic rings. The Labute approximate surface area is 168 Å². The van der Waals surface area contributed by atoms with Gasteiger partial charge in [-0.25, -0.2) is 0 Å². The molecular weight excluding hydrogens is 370 g/mol. The Morgan fingerprint density at radius 1 is 0.931 bits per heavy atom. The van der Waals surface area contributed by atoms with Crippen LogP contribution in [0, 0.1) is 0 Å². The van der Waals surface area contributed by atoms with Crippen LogP contribution in [0.2, 0.25) is 0 Å². The van der Waals surface area contributed by atoms with Crippen molar-refractivity contribution in [2.75, 3.05) is 13.1 Å². The SMILES string of the molecule is O=C(Cc1ccccc1O)NCCCCNC(=O)c1cc(-c2ccccc2)on1. The minimum absolute atomic E-state index is 0.119. The molecular formula is C22H23N3O4. The molecule has 0 atom stereocenters. The van der Waals surface area contributed by atoms with Gasteiger partial charge in [0.25, 0.3) is 5.91 Å². The van der Waals surface area contributed by atoms with E-state index in [1.165, 1.54) is 0 Å². The molecule has 2 aromatic carbocycles. The summed E-state index contributed by atoms with van der Waals surface area (Å²) in [5, 5.41) is 19.1. The van der Waals surface area contributed by atoms with Crippen molar-refractivity contribution in [3.05, 3.63) is 71.9 Å². The lowest BCUT2D eigenvalue weighted by molar-refractivity contribution is -0.120. The number of amides is 2. The van der Waals surface area contributed by atoms with E-state index >= 15 is 0 Å². The van der Waals surface area contributed by atoms with E-state index in [-0.39, 0.29) is 29.7 Å². The number of aromatic nitrogens is 1. The van der Waals surface area contributed by atoms with Gasteiger partial charge in [-0.2, -0.15) is 0 Å². The van der Waals surface area contributed by atoms with Crippen molar-refractivity contribution in [2.24, 2.45) is 0 Å². The molecule has 1 heterocycles. The summed E-state index contributed by atoms with van der Waals surface area (Å²) in [4.78, 5) is 24.0. The fraction of sp³-hybridized carbons (Fsp3) is 0.227. The Kier molecular flexibility index (Phi) is 7.00. The molecule has 2 amide bonds. The topological polar surface area (TPSA) is 104 Å². The maximum Gasteiger partial charge on any atom is 0.273 e. The third kappa shape index (κ3) is 5.93. The molecule has 0 saturated heterocycles. The van der Waals surface area contributed by atoms with Crippen LogP contribution >= 0.6 is 0 Å². The van der Waals surface area contributed by atoms with E-state index in [4.69, 9.17) is 4.52 Å². The Bertz CT molecular complexity index is 953. The zero-order chi connectivity index (χ0) is 20.5. The smallest absolute Gasteiger partial charge is 0.273 e. The van der Waals surface area contributed by atoms with Gasteiger partial charge in [-0.3, -0.25) is 9.59 Å². The maximum atomic E-state index is 12.1. The minimum Gasteiger partial charge on any atom is -0.508 e. The van der Waals surface area contributed by atoms with Crippen LogP contribution in [-0.2, 0) is 11.2 Å². The lowest BCUT2D eigenvalue weighted by Gasteiger charge is -2.07. The molecule has 0 bridgehead atoms. The van der Waals surface area contributed by atoms with E-state index < -0.39 is 0 Å². The van der Waals surface area contributed by atoms with Crippen molar-refractivity contribution in [1.82, 2.24) is 15.8 Å². The summed E-state index contributed by atoms with van der Waals surface area (Å²) in [7, 11) is 0. The quantitative estimate of drug-likeness (QED) is 0.485. The van der Waals surface area contributed by atoms with Crippen LogP contribution in [0.15, 0.2) is 65.2 Å². The largest absolute Gasteiger partial charge is 0.508 e. The zero-order valence-electron chi connectivity index (χ0n) is 15.9. The predicted octanol–water partition coefficient (Wildman–Crippen LogP) is 2.92. The van der Waals surface area contributed by atoms with E-state index in [9.17, 15) is 14.7 Å². The number of nitrogens with one attached hydrogen (secondary N) is 2. The molecule has 0 saturated carbocycles. The summed E-state index contributed by atoms with van der Waals surface area (Å²) >= 11 is 0. The molecule has 0 radical (unpaired) electrons. The van der Waals surface area contributed by atoms with E-state index in [1.54, 1.807) is 30.3 Å². The van der Waals surface area contributed by atoms with Gasteiger partial charge in [0.2, 0.25) is 5.91 Å². The predicted molar refractivity (Wildman–Crippen MR) is 108 cm³/mol. The summed E-state index contributed by atoms with van der Waals surface area (Å²) in [5.74, 6) is 0.225. The number of unbranched alkanes of at least 4 members (excludes halogenated alkanes) is 1. The first-order chi connectivity index (χ1) is 14.1. The highest BCUT2D eigenvalue weighted by Crippen LogP contribution is 2.19. The van der Waals surface area contributed by atoms with Crippen LogP contribution in [0.5, 0.6) is 5.75 Å². The van der Waals surface area contributed by atoms with Crippen LogP contribution in [0.4, 0.5) is 0 Å². The molecule has 3 N–H and O–H groups in total. The van der Waals surface area contributed by atoms with Gasteiger partial charge < -0.3 is 20.3 Å². The van der Waals surface area contributed by atoms with Gasteiger partial charge in [-0.05, 0) is 18.9 Å². The summed E-state index contributed by atoms with van der Waals surface area (Å²) in [6, 6.07) is 17.8. The highest BCUT2D eigenvalue weighted by molar-refractivity contribution is 5.93. The van der Waals surface area contributed by atoms with Crippen LogP contribution in [0.25, 0.3) is 11.3 Å². The Balaban J connectivity index is 1.32. The molecule has 0 spiro atoms. The monoisotopic (exact) mass is 393 g/mol. The molecule has 1 aromatic heterocycles. The van der Waals surface area contributed by atoms with Crippen molar-refractivity contribution in [3.8, 4) is 17.1 Å². The van der Waals surface area contributed by atoms with E-state index in [2.05, 4.69) is 15.8 Å². The Morgan fingerprint density at radius 2 is 1.62 bits per heavy atom. The van der Waals surface area contributed by atoms with Gasteiger partial charge in [0.1, 0.15) is 5.75 Å². The Morgan fingerprint density at radius 3 is 2.38 bits per heavy atom. The molecule has 0 fully saturated rings. The average molecular weight is 393 g/mol. The number of phenolic OH excluding ortho intramolecular Hbond substituents is 1. The van der Waals surface area contributed by atoms with Gasteiger partial charge in [0, 0.05) is 30.3 Å². The van der Waals surface area contributed by atoms with Crippen LogP contribution in [-0.4, -0.2) is 35.2 Å². The first-order valence-electron chi connectivity index (χ1n) is 9.47. The van der Waals surface area contributed by atoms with Crippen molar-refractivity contribution in [1.29, 1.82) is 0 Å². The molecule has 7 heteroatoms. The number of hydrogen-bond donors (Lipinski definition) is 3. The molecule has 150 valence electrons. The van der Waals surface area contributed by atoms with Crippen LogP contribution < -0.4 is 10.6 Å². The first kappa shape index (κ1) is 20.1. The molecule has 3 rings (SSSR count). The number of rotatable bonds is 9. The van der Waals surface area contributed by atoms with Gasteiger partial charge in [-0.1, -0.05) is 53.7 Å². The van der Waals surface area contributed by atoms with E-state index in [1.807, 2.05) is 30.3 Å². The van der Waals surface area contributed by atoms with Gasteiger partial charge in [0.05, 0.1) is 6.42 Å². The van der Waals surface area contributed by atoms with Gasteiger partial charge in [0.15, 0.2) is 11.5 Å². The van der Waals surface area contributed by atoms with E-state index in [0.29, 0.717) is 30.8 Å². The second-order valence-electron chi connectivity index (χ2n) is 6.56. The first-order valence-corrected chi connectivity index (χ1v) is 9.47. The van der Waals surface area contributed by atoms with Crippen molar-refractivity contribution in [3.63, 3.8) is 0 Å². The van der Waals surface area contributed by atoms with Crippen molar-refractivity contribution in [2.45, 2.75) is 19.3 Å². The number of benzene rings is 2. The van der Waals surface area contributed by atoms with Crippen LogP contribution in [0.1, 0.15) is 28.9 Å². The fourth-order valence-electron chi connectivity index (χ4n) is 2.79. The third-order valence-electron chi connectivity index (χ3n) is 4.36. The highest BCUT2D eigenvalue weighted by atomic mass is 16.5. The second-order valence-corrected chi connectivity index (χ2v) is 6.56. The number of phenols is 1. The zero-order valence-corrected chi connectivity index (χ0v) is 15.9. The number of aromatic hydroxyl groups is 1. The normalized spacial score (nSPS) is 10.5. The molecule has 0 unspecified atom stereocenters. The molecule has 0 aliphatic rings. The Hall–Kier alpha value is -3.61. The second kappa shape index (κ2) is 10.1. The number of carbonyl (C=O) groups excluding carboxylic acids is 2. The lowest BCUT2D eigenvalue weighted by Crippen LogP contribution is -2.28. The van der Waals surface area contributed by atoms with Gasteiger partial charge >= 0.3 is 0 Å². The summed E-state index contributed by atoms with van der Waals surface area (Å²) in [6.07, 6.45) is 1.58.